The highest BCUT2D eigenvalue weighted by atomic mass is 16.4. The van der Waals surface area contributed by atoms with E-state index in [4.69, 9.17) is 0 Å². The molecule has 2 aliphatic rings. The van der Waals surface area contributed by atoms with Crippen molar-refractivity contribution in [1.29, 1.82) is 0 Å². The predicted molar refractivity (Wildman–Crippen MR) is 66.2 cm³/mol. The van der Waals surface area contributed by atoms with Crippen LogP contribution in [0.4, 0.5) is 0 Å². The molecule has 1 atom stereocenters. The molecule has 0 bridgehead atoms. The third-order valence-corrected chi connectivity index (χ3v) is 4.71. The number of aryl methyl sites for hydroxylation is 1. The second-order valence-electron chi connectivity index (χ2n) is 6.07. The molecule has 1 aromatic carbocycles. The zero-order valence-corrected chi connectivity index (χ0v) is 10.4. The SMILES string of the molecule is CC1(C)CC1(C(=O)O)c1cccc2c1CCC2. The minimum absolute atomic E-state index is 0.101. The first kappa shape index (κ1) is 10.8. The van der Waals surface area contributed by atoms with Gasteiger partial charge in [-0.15, -0.1) is 0 Å². The molecule has 17 heavy (non-hydrogen) atoms. The number of carboxylic acid groups (broad SMARTS) is 1. The summed E-state index contributed by atoms with van der Waals surface area (Å²) in [7, 11) is 0. The smallest absolute Gasteiger partial charge is 0.314 e. The summed E-state index contributed by atoms with van der Waals surface area (Å²) in [6, 6.07) is 6.21. The summed E-state index contributed by atoms with van der Waals surface area (Å²) in [5, 5.41) is 9.62. The third-order valence-electron chi connectivity index (χ3n) is 4.71. The summed E-state index contributed by atoms with van der Waals surface area (Å²) < 4.78 is 0. The second-order valence-corrected chi connectivity index (χ2v) is 6.07. The maximum absolute atomic E-state index is 11.7. The molecule has 1 unspecified atom stereocenters. The molecule has 0 heterocycles. The summed E-state index contributed by atoms with van der Waals surface area (Å²) in [5.74, 6) is -0.650. The highest BCUT2D eigenvalue weighted by molar-refractivity contribution is 5.88. The first-order valence-corrected chi connectivity index (χ1v) is 6.34. The highest BCUT2D eigenvalue weighted by Crippen LogP contribution is 2.65. The minimum Gasteiger partial charge on any atom is -0.481 e. The van der Waals surface area contributed by atoms with Gasteiger partial charge in [0.15, 0.2) is 0 Å². The fourth-order valence-corrected chi connectivity index (χ4v) is 3.58. The van der Waals surface area contributed by atoms with Crippen LogP contribution in [0.5, 0.6) is 0 Å². The lowest BCUT2D eigenvalue weighted by Crippen LogP contribution is -2.26. The normalized spacial score (nSPS) is 28.8. The highest BCUT2D eigenvalue weighted by Gasteiger charge is 2.68. The first-order valence-electron chi connectivity index (χ1n) is 6.34. The van der Waals surface area contributed by atoms with Crippen LogP contribution < -0.4 is 0 Å². The van der Waals surface area contributed by atoms with Crippen molar-refractivity contribution in [2.24, 2.45) is 5.41 Å². The Kier molecular flexibility index (Phi) is 1.99. The maximum atomic E-state index is 11.7. The fourth-order valence-electron chi connectivity index (χ4n) is 3.58. The van der Waals surface area contributed by atoms with E-state index >= 15 is 0 Å². The zero-order chi connectivity index (χ0) is 12.3. The van der Waals surface area contributed by atoms with Gasteiger partial charge in [-0.2, -0.15) is 0 Å². The Labute approximate surface area is 102 Å². The molecule has 1 N–H and O–H groups in total. The summed E-state index contributed by atoms with van der Waals surface area (Å²) in [4.78, 5) is 11.7. The van der Waals surface area contributed by atoms with Gasteiger partial charge in [0, 0.05) is 0 Å². The average Bonchev–Trinajstić information content (AvgIpc) is 2.67. The van der Waals surface area contributed by atoms with Gasteiger partial charge in [-0.05, 0) is 47.8 Å². The molecule has 0 aromatic heterocycles. The number of fused-ring (bicyclic) bond motifs is 1. The van der Waals surface area contributed by atoms with Gasteiger partial charge in [-0.25, -0.2) is 0 Å². The Hall–Kier alpha value is -1.31. The number of benzene rings is 1. The van der Waals surface area contributed by atoms with Crippen molar-refractivity contribution < 1.29 is 9.90 Å². The van der Waals surface area contributed by atoms with Crippen LogP contribution in [0.2, 0.25) is 0 Å². The standard InChI is InChI=1S/C15H18O2/c1-14(2)9-15(14,13(16)17)12-8-4-6-10-5-3-7-11(10)12/h4,6,8H,3,5,7,9H2,1-2H3,(H,16,17). The van der Waals surface area contributed by atoms with E-state index in [1.807, 2.05) is 12.1 Å². The largest absolute Gasteiger partial charge is 0.481 e. The molecule has 90 valence electrons. The van der Waals surface area contributed by atoms with Crippen molar-refractivity contribution in [1.82, 2.24) is 0 Å². The van der Waals surface area contributed by atoms with Gasteiger partial charge in [0.05, 0.1) is 5.41 Å². The second kappa shape index (κ2) is 3.12. The topological polar surface area (TPSA) is 37.3 Å². The number of aliphatic carboxylic acids is 1. The van der Waals surface area contributed by atoms with E-state index in [1.54, 1.807) is 0 Å². The van der Waals surface area contributed by atoms with Crippen LogP contribution >= 0.6 is 0 Å². The molecule has 1 aromatic rings. The van der Waals surface area contributed by atoms with E-state index in [1.165, 1.54) is 17.5 Å². The number of carbonyl (C=O) groups is 1. The van der Waals surface area contributed by atoms with Crippen molar-refractivity contribution in [2.45, 2.75) is 44.9 Å². The van der Waals surface area contributed by atoms with Crippen molar-refractivity contribution in [3.05, 3.63) is 34.9 Å². The predicted octanol–water partition coefficient (Wildman–Crippen LogP) is 2.93. The third kappa shape index (κ3) is 1.24. The molecule has 0 spiro atoms. The Bertz CT molecular complexity index is 502. The molecular formula is C15H18O2. The van der Waals surface area contributed by atoms with Crippen molar-refractivity contribution in [2.75, 3.05) is 0 Å². The number of carboxylic acids is 1. The Morgan fingerprint density at radius 2 is 2.00 bits per heavy atom. The van der Waals surface area contributed by atoms with Crippen molar-refractivity contribution in [3.8, 4) is 0 Å². The summed E-state index contributed by atoms with van der Waals surface area (Å²) in [6.45, 7) is 4.13. The van der Waals surface area contributed by atoms with Crippen LogP contribution in [0.15, 0.2) is 18.2 Å². The zero-order valence-electron chi connectivity index (χ0n) is 10.4. The van der Waals surface area contributed by atoms with Gasteiger partial charge in [0.1, 0.15) is 0 Å². The average molecular weight is 230 g/mol. The minimum atomic E-state index is -0.650. The van der Waals surface area contributed by atoms with Gasteiger partial charge < -0.3 is 5.11 Å². The quantitative estimate of drug-likeness (QED) is 0.848. The molecule has 2 nitrogen and oxygen atoms in total. The van der Waals surface area contributed by atoms with E-state index in [0.717, 1.165) is 24.8 Å². The first-order chi connectivity index (χ1) is 7.99. The van der Waals surface area contributed by atoms with E-state index in [9.17, 15) is 9.90 Å². The molecule has 1 fully saturated rings. The molecule has 0 aliphatic heterocycles. The van der Waals surface area contributed by atoms with Crippen LogP contribution in [-0.2, 0) is 23.1 Å². The molecule has 3 rings (SSSR count). The van der Waals surface area contributed by atoms with Gasteiger partial charge in [0.25, 0.3) is 0 Å². The van der Waals surface area contributed by atoms with Crippen LogP contribution in [0.25, 0.3) is 0 Å². The van der Waals surface area contributed by atoms with E-state index in [0.29, 0.717) is 0 Å². The lowest BCUT2D eigenvalue weighted by atomic mass is 9.84. The maximum Gasteiger partial charge on any atom is 0.314 e. The van der Waals surface area contributed by atoms with E-state index in [-0.39, 0.29) is 5.41 Å². The van der Waals surface area contributed by atoms with Gasteiger partial charge in [0.2, 0.25) is 0 Å². The molecule has 1 saturated carbocycles. The summed E-state index contributed by atoms with van der Waals surface area (Å²) in [5.41, 5.74) is 3.05. The summed E-state index contributed by atoms with van der Waals surface area (Å²) in [6.07, 6.45) is 4.10. The Balaban J connectivity index is 2.17. The van der Waals surface area contributed by atoms with Crippen LogP contribution in [0, 0.1) is 5.41 Å². The van der Waals surface area contributed by atoms with E-state index in [2.05, 4.69) is 19.9 Å². The molecule has 2 heteroatoms. The number of hydrogen-bond donors (Lipinski definition) is 1. The monoisotopic (exact) mass is 230 g/mol. The number of hydrogen-bond acceptors (Lipinski definition) is 1. The lowest BCUT2D eigenvalue weighted by Gasteiger charge is -2.19. The van der Waals surface area contributed by atoms with Gasteiger partial charge in [-0.3, -0.25) is 4.79 Å². The van der Waals surface area contributed by atoms with Crippen LogP contribution in [-0.4, -0.2) is 11.1 Å². The Morgan fingerprint density at radius 1 is 1.29 bits per heavy atom. The van der Waals surface area contributed by atoms with Crippen LogP contribution in [0.3, 0.4) is 0 Å². The van der Waals surface area contributed by atoms with Crippen LogP contribution in [0.1, 0.15) is 43.4 Å². The Morgan fingerprint density at radius 3 is 2.59 bits per heavy atom. The molecule has 0 saturated heterocycles. The molecule has 2 aliphatic carbocycles. The van der Waals surface area contributed by atoms with Gasteiger partial charge >= 0.3 is 5.97 Å². The number of rotatable bonds is 2. The molecular weight excluding hydrogens is 212 g/mol. The van der Waals surface area contributed by atoms with Gasteiger partial charge in [-0.1, -0.05) is 32.0 Å². The van der Waals surface area contributed by atoms with E-state index < -0.39 is 11.4 Å². The molecule has 0 radical (unpaired) electrons. The van der Waals surface area contributed by atoms with Crippen molar-refractivity contribution in [3.63, 3.8) is 0 Å². The van der Waals surface area contributed by atoms with Crippen molar-refractivity contribution >= 4 is 5.97 Å². The lowest BCUT2D eigenvalue weighted by molar-refractivity contribution is -0.141. The fraction of sp³-hybridized carbons (Fsp3) is 0.533. The summed E-state index contributed by atoms with van der Waals surface area (Å²) >= 11 is 0. The molecule has 0 amide bonds.